The standard InChI is InChI=1S/C14H14ClFN2O3/c1-3-17(4-2)10(19)7-18-12-9(16)6-5-8(15)11(12)13(20)14(18)21/h5-6H,3-4,7H2,1-2H3. The number of nitrogens with zero attached hydrogens (tertiary/aromatic N) is 2. The van der Waals surface area contributed by atoms with Crippen molar-refractivity contribution in [1.29, 1.82) is 0 Å². The Labute approximate surface area is 126 Å². The molecule has 0 atom stereocenters. The van der Waals surface area contributed by atoms with Gasteiger partial charge < -0.3 is 4.90 Å². The lowest BCUT2D eigenvalue weighted by Gasteiger charge is -2.23. The van der Waals surface area contributed by atoms with Crippen molar-refractivity contribution in [3.63, 3.8) is 0 Å². The minimum Gasteiger partial charge on any atom is -0.342 e. The van der Waals surface area contributed by atoms with E-state index >= 15 is 0 Å². The van der Waals surface area contributed by atoms with E-state index in [-0.39, 0.29) is 28.7 Å². The second-order valence-electron chi connectivity index (χ2n) is 4.54. The van der Waals surface area contributed by atoms with Gasteiger partial charge in [0.15, 0.2) is 0 Å². The predicted octanol–water partition coefficient (Wildman–Crippen LogP) is 1.88. The highest BCUT2D eigenvalue weighted by molar-refractivity contribution is 6.55. The Kier molecular flexibility index (Phi) is 4.27. The van der Waals surface area contributed by atoms with Gasteiger partial charge >= 0.3 is 0 Å². The van der Waals surface area contributed by atoms with Crippen LogP contribution in [0.5, 0.6) is 0 Å². The summed E-state index contributed by atoms with van der Waals surface area (Å²) in [5, 5.41) is 0.00235. The van der Waals surface area contributed by atoms with E-state index in [1.165, 1.54) is 11.0 Å². The van der Waals surface area contributed by atoms with E-state index in [2.05, 4.69) is 0 Å². The minimum absolute atomic E-state index is 0.00235. The van der Waals surface area contributed by atoms with Gasteiger partial charge in [0.1, 0.15) is 12.4 Å². The van der Waals surface area contributed by atoms with Crippen molar-refractivity contribution in [2.75, 3.05) is 24.5 Å². The zero-order chi connectivity index (χ0) is 15.7. The molecule has 0 saturated heterocycles. The Bertz CT molecular complexity index is 629. The highest BCUT2D eigenvalue weighted by Crippen LogP contribution is 2.36. The van der Waals surface area contributed by atoms with Gasteiger partial charge in [-0.3, -0.25) is 19.3 Å². The summed E-state index contributed by atoms with van der Waals surface area (Å²) in [4.78, 5) is 38.3. The molecule has 5 nitrogen and oxygen atoms in total. The second kappa shape index (κ2) is 5.81. The van der Waals surface area contributed by atoms with E-state index in [4.69, 9.17) is 11.6 Å². The summed E-state index contributed by atoms with van der Waals surface area (Å²) >= 11 is 5.86. The van der Waals surface area contributed by atoms with Crippen molar-refractivity contribution in [2.45, 2.75) is 13.8 Å². The molecule has 0 N–H and O–H groups in total. The number of anilines is 1. The predicted molar refractivity (Wildman–Crippen MR) is 76.0 cm³/mol. The largest absolute Gasteiger partial charge is 0.342 e. The number of amides is 2. The SMILES string of the molecule is CCN(CC)C(=O)CN1C(=O)C(=O)c2c(Cl)ccc(F)c21. The molecule has 1 aromatic rings. The number of carbonyl (C=O) groups is 3. The normalized spacial score (nSPS) is 13.6. The minimum atomic E-state index is -0.933. The smallest absolute Gasteiger partial charge is 0.300 e. The van der Waals surface area contributed by atoms with Gasteiger partial charge in [-0.25, -0.2) is 4.39 Å². The Morgan fingerprint density at radius 1 is 1.29 bits per heavy atom. The van der Waals surface area contributed by atoms with Crippen molar-refractivity contribution in [3.8, 4) is 0 Å². The molecule has 0 aliphatic carbocycles. The molecule has 2 amide bonds. The molecule has 0 fully saturated rings. The number of hydrogen-bond donors (Lipinski definition) is 0. The van der Waals surface area contributed by atoms with Crippen LogP contribution in [0.2, 0.25) is 5.02 Å². The van der Waals surface area contributed by atoms with Gasteiger partial charge in [-0.05, 0) is 26.0 Å². The number of benzene rings is 1. The second-order valence-corrected chi connectivity index (χ2v) is 4.95. The molecule has 0 unspecified atom stereocenters. The van der Waals surface area contributed by atoms with Crippen LogP contribution in [-0.4, -0.2) is 42.1 Å². The summed E-state index contributed by atoms with van der Waals surface area (Å²) in [5.74, 6) is -2.92. The number of carbonyl (C=O) groups excluding carboxylic acids is 3. The first-order chi connectivity index (χ1) is 9.92. The van der Waals surface area contributed by atoms with Crippen LogP contribution in [0.15, 0.2) is 12.1 Å². The molecule has 21 heavy (non-hydrogen) atoms. The number of ketones is 1. The summed E-state index contributed by atoms with van der Waals surface area (Å²) < 4.78 is 14.0. The summed E-state index contributed by atoms with van der Waals surface area (Å²) in [7, 11) is 0. The van der Waals surface area contributed by atoms with Crippen LogP contribution < -0.4 is 4.90 Å². The molecular formula is C14H14ClFN2O3. The van der Waals surface area contributed by atoms with Gasteiger partial charge in [0, 0.05) is 13.1 Å². The Hall–Kier alpha value is -1.95. The van der Waals surface area contributed by atoms with Crippen LogP contribution in [0.4, 0.5) is 10.1 Å². The van der Waals surface area contributed by atoms with Crippen LogP contribution in [0.1, 0.15) is 24.2 Å². The van der Waals surface area contributed by atoms with Gasteiger partial charge in [0.05, 0.1) is 16.3 Å². The molecular weight excluding hydrogens is 299 g/mol. The van der Waals surface area contributed by atoms with Crippen molar-refractivity contribution < 1.29 is 18.8 Å². The fraction of sp³-hybridized carbons (Fsp3) is 0.357. The van der Waals surface area contributed by atoms with Crippen molar-refractivity contribution in [1.82, 2.24) is 4.90 Å². The maximum atomic E-state index is 14.0. The van der Waals surface area contributed by atoms with E-state index in [0.29, 0.717) is 13.1 Å². The third-order valence-electron chi connectivity index (χ3n) is 3.42. The first-order valence-corrected chi connectivity index (χ1v) is 6.92. The van der Waals surface area contributed by atoms with E-state index in [9.17, 15) is 18.8 Å². The van der Waals surface area contributed by atoms with Crippen LogP contribution in [0.3, 0.4) is 0 Å². The van der Waals surface area contributed by atoms with Crippen LogP contribution in [0.25, 0.3) is 0 Å². The molecule has 1 aliphatic rings. The summed E-state index contributed by atoms with van der Waals surface area (Å²) in [6.45, 7) is 4.15. The van der Waals surface area contributed by atoms with Gasteiger partial charge in [-0.2, -0.15) is 0 Å². The monoisotopic (exact) mass is 312 g/mol. The molecule has 0 radical (unpaired) electrons. The topological polar surface area (TPSA) is 57.7 Å². The maximum Gasteiger partial charge on any atom is 0.300 e. The average molecular weight is 313 g/mol. The average Bonchev–Trinajstić information content (AvgIpc) is 2.70. The molecule has 0 spiro atoms. The molecule has 0 saturated carbocycles. The molecule has 1 aromatic carbocycles. The van der Waals surface area contributed by atoms with Crippen molar-refractivity contribution in [3.05, 3.63) is 28.5 Å². The summed E-state index contributed by atoms with van der Waals surface area (Å²) in [6.07, 6.45) is 0. The Balaban J connectivity index is 2.40. The molecule has 1 heterocycles. The number of hydrogen-bond acceptors (Lipinski definition) is 3. The van der Waals surface area contributed by atoms with E-state index < -0.39 is 17.5 Å². The Morgan fingerprint density at radius 3 is 2.48 bits per heavy atom. The summed E-state index contributed by atoms with van der Waals surface area (Å²) in [6, 6.07) is 2.29. The molecule has 112 valence electrons. The fourth-order valence-electron chi connectivity index (χ4n) is 2.31. The van der Waals surface area contributed by atoms with Gasteiger partial charge in [0.2, 0.25) is 5.91 Å². The number of likely N-dealkylation sites (N-methyl/N-ethyl adjacent to an activating group) is 1. The maximum absolute atomic E-state index is 14.0. The zero-order valence-corrected chi connectivity index (χ0v) is 12.4. The van der Waals surface area contributed by atoms with Crippen molar-refractivity contribution in [2.24, 2.45) is 0 Å². The van der Waals surface area contributed by atoms with Gasteiger partial charge in [0.25, 0.3) is 11.7 Å². The molecule has 1 aliphatic heterocycles. The van der Waals surface area contributed by atoms with Crippen LogP contribution in [0, 0.1) is 5.82 Å². The van der Waals surface area contributed by atoms with Crippen molar-refractivity contribution >= 4 is 34.9 Å². The molecule has 0 aromatic heterocycles. The van der Waals surface area contributed by atoms with E-state index in [1.54, 1.807) is 13.8 Å². The zero-order valence-electron chi connectivity index (χ0n) is 11.7. The van der Waals surface area contributed by atoms with E-state index in [0.717, 1.165) is 11.0 Å². The Morgan fingerprint density at radius 2 is 1.90 bits per heavy atom. The third kappa shape index (κ3) is 2.51. The highest BCUT2D eigenvalue weighted by atomic mass is 35.5. The van der Waals surface area contributed by atoms with Crippen LogP contribution in [-0.2, 0) is 9.59 Å². The quantitative estimate of drug-likeness (QED) is 0.798. The van der Waals surface area contributed by atoms with Crippen LogP contribution >= 0.6 is 11.6 Å². The molecule has 0 bridgehead atoms. The molecule has 7 heteroatoms. The number of fused-ring (bicyclic) bond motifs is 1. The van der Waals surface area contributed by atoms with Gasteiger partial charge in [-0.15, -0.1) is 0 Å². The van der Waals surface area contributed by atoms with E-state index in [1.807, 2.05) is 0 Å². The lowest BCUT2D eigenvalue weighted by molar-refractivity contribution is -0.130. The first kappa shape index (κ1) is 15.4. The fourth-order valence-corrected chi connectivity index (χ4v) is 2.55. The lowest BCUT2D eigenvalue weighted by Crippen LogP contribution is -2.42. The summed E-state index contributed by atoms with van der Waals surface area (Å²) in [5.41, 5.74) is -0.382. The number of halogens is 2. The number of rotatable bonds is 4. The van der Waals surface area contributed by atoms with Gasteiger partial charge in [-0.1, -0.05) is 11.6 Å². The highest BCUT2D eigenvalue weighted by Gasteiger charge is 2.41. The number of Topliss-reactive ketones (excluding diaryl/α,β-unsaturated/α-hetero) is 1. The molecule has 2 rings (SSSR count). The lowest BCUT2D eigenvalue weighted by atomic mass is 10.1. The third-order valence-corrected chi connectivity index (χ3v) is 3.74. The first-order valence-electron chi connectivity index (χ1n) is 6.54.